The topological polar surface area (TPSA) is 72.6 Å². The van der Waals surface area contributed by atoms with Gasteiger partial charge in [-0.15, -0.1) is 0 Å². The fourth-order valence-electron chi connectivity index (χ4n) is 2.45. The van der Waals surface area contributed by atoms with Gasteiger partial charge in [0.05, 0.1) is 27.8 Å². The number of ether oxygens (including phenoxy) is 1. The van der Waals surface area contributed by atoms with E-state index in [2.05, 4.69) is 0 Å². The van der Waals surface area contributed by atoms with Crippen LogP contribution < -0.4 is 5.73 Å². The van der Waals surface area contributed by atoms with Gasteiger partial charge >= 0.3 is 0 Å². The van der Waals surface area contributed by atoms with Crippen molar-refractivity contribution in [2.24, 2.45) is 0 Å². The van der Waals surface area contributed by atoms with Gasteiger partial charge in [0.25, 0.3) is 0 Å². The summed E-state index contributed by atoms with van der Waals surface area (Å²) in [6.07, 6.45) is 0.583. The van der Waals surface area contributed by atoms with E-state index in [1.165, 1.54) is 10.4 Å². The van der Waals surface area contributed by atoms with Crippen LogP contribution in [0.1, 0.15) is 18.9 Å². The number of benzene rings is 1. The lowest BCUT2D eigenvalue weighted by Gasteiger charge is -2.26. The van der Waals surface area contributed by atoms with Crippen molar-refractivity contribution in [3.63, 3.8) is 0 Å². The van der Waals surface area contributed by atoms with Crippen LogP contribution in [0.5, 0.6) is 0 Å². The molecule has 0 spiro atoms. The Hall–Kier alpha value is -0.820. The van der Waals surface area contributed by atoms with E-state index in [-0.39, 0.29) is 22.7 Å². The molecule has 2 rings (SSSR count). The molecule has 5 nitrogen and oxygen atoms in total. The summed E-state index contributed by atoms with van der Waals surface area (Å²) < 4.78 is 32.1. The molecule has 0 bridgehead atoms. The van der Waals surface area contributed by atoms with Crippen molar-refractivity contribution >= 4 is 27.3 Å². The highest BCUT2D eigenvalue weighted by Crippen LogP contribution is 2.30. The highest BCUT2D eigenvalue weighted by Gasteiger charge is 2.35. The van der Waals surface area contributed by atoms with E-state index in [0.29, 0.717) is 23.6 Å². The van der Waals surface area contributed by atoms with Crippen molar-refractivity contribution in [1.82, 2.24) is 4.31 Å². The molecule has 112 valence electrons. The molecule has 0 saturated carbocycles. The van der Waals surface area contributed by atoms with Gasteiger partial charge in [0.2, 0.25) is 10.0 Å². The molecule has 0 radical (unpaired) electrons. The number of hydrogen-bond acceptors (Lipinski definition) is 4. The summed E-state index contributed by atoms with van der Waals surface area (Å²) in [4.78, 5) is 0.165. The second-order valence-electron chi connectivity index (χ2n) is 5.10. The fourth-order valence-corrected chi connectivity index (χ4v) is 4.13. The molecular weight excluding hydrogens is 300 g/mol. The van der Waals surface area contributed by atoms with Crippen molar-refractivity contribution in [2.45, 2.75) is 37.3 Å². The van der Waals surface area contributed by atoms with E-state index >= 15 is 0 Å². The van der Waals surface area contributed by atoms with Crippen molar-refractivity contribution < 1.29 is 13.2 Å². The minimum atomic E-state index is -3.60. The van der Waals surface area contributed by atoms with Crippen LogP contribution in [0, 0.1) is 6.92 Å². The van der Waals surface area contributed by atoms with Crippen LogP contribution in [-0.4, -0.2) is 38.5 Å². The van der Waals surface area contributed by atoms with Gasteiger partial charge in [0.1, 0.15) is 0 Å². The zero-order chi connectivity index (χ0) is 15.1. The van der Waals surface area contributed by atoms with E-state index in [4.69, 9.17) is 22.1 Å². The average Bonchev–Trinajstić information content (AvgIpc) is 2.80. The number of nitrogens with zero attached hydrogens (tertiary/aromatic N) is 1. The maximum Gasteiger partial charge on any atom is 0.243 e. The van der Waals surface area contributed by atoms with Gasteiger partial charge in [-0.2, -0.15) is 4.31 Å². The van der Waals surface area contributed by atoms with E-state index < -0.39 is 10.0 Å². The zero-order valence-electron chi connectivity index (χ0n) is 11.8. The van der Waals surface area contributed by atoms with Crippen LogP contribution in [-0.2, 0) is 14.8 Å². The second kappa shape index (κ2) is 5.52. The summed E-state index contributed by atoms with van der Waals surface area (Å²) in [5, 5.41) is 0.393. The Morgan fingerprint density at radius 1 is 1.45 bits per heavy atom. The molecule has 0 aliphatic carbocycles. The molecule has 2 unspecified atom stereocenters. The maximum atomic E-state index is 12.7. The Morgan fingerprint density at radius 3 is 2.60 bits per heavy atom. The normalized spacial score (nSPS) is 23.4. The molecule has 1 aromatic carbocycles. The molecule has 1 saturated heterocycles. The van der Waals surface area contributed by atoms with Crippen molar-refractivity contribution in [3.05, 3.63) is 22.7 Å². The summed E-state index contributed by atoms with van der Waals surface area (Å²) in [5.74, 6) is 0. The standard InChI is InChI=1S/C13H19ClN2O3S/c1-8-6-10(7-11(15)13(8)14)20(17,18)16(3)12-4-5-19-9(12)2/h6-7,9,12H,4-5,15H2,1-3H3. The summed E-state index contributed by atoms with van der Waals surface area (Å²) in [5.41, 5.74) is 6.68. The second-order valence-corrected chi connectivity index (χ2v) is 7.47. The number of aryl methyl sites for hydroxylation is 1. The first-order valence-corrected chi connectivity index (χ1v) is 8.22. The number of halogens is 1. The molecule has 2 N–H and O–H groups in total. The number of anilines is 1. The molecule has 0 aromatic heterocycles. The quantitative estimate of drug-likeness (QED) is 0.865. The summed E-state index contributed by atoms with van der Waals surface area (Å²) in [6, 6.07) is 2.80. The van der Waals surface area contributed by atoms with E-state index in [0.717, 1.165) is 0 Å². The first kappa shape index (κ1) is 15.6. The fraction of sp³-hybridized carbons (Fsp3) is 0.538. The third kappa shape index (κ3) is 2.65. The van der Waals surface area contributed by atoms with Gasteiger partial charge in [-0.25, -0.2) is 8.42 Å². The summed E-state index contributed by atoms with van der Waals surface area (Å²) in [7, 11) is -2.03. The molecule has 1 fully saturated rings. The molecule has 20 heavy (non-hydrogen) atoms. The summed E-state index contributed by atoms with van der Waals surface area (Å²) >= 11 is 5.98. The molecule has 7 heteroatoms. The van der Waals surface area contributed by atoms with Crippen LogP contribution in [0.15, 0.2) is 17.0 Å². The SMILES string of the molecule is Cc1cc(S(=O)(=O)N(C)C2CCOC2C)cc(N)c1Cl. The number of rotatable bonds is 3. The van der Waals surface area contributed by atoms with E-state index in [1.807, 2.05) is 6.92 Å². The van der Waals surface area contributed by atoms with Gasteiger partial charge in [-0.3, -0.25) is 0 Å². The van der Waals surface area contributed by atoms with Crippen LogP contribution in [0.3, 0.4) is 0 Å². The number of nitrogens with two attached hydrogens (primary N) is 1. The lowest BCUT2D eigenvalue weighted by Crippen LogP contribution is -2.40. The largest absolute Gasteiger partial charge is 0.397 e. The Bertz CT molecular complexity index is 595. The number of nitrogen functional groups attached to an aromatic ring is 1. The van der Waals surface area contributed by atoms with Crippen molar-refractivity contribution in [3.8, 4) is 0 Å². The Labute approximate surface area is 124 Å². The molecular formula is C13H19ClN2O3S. The summed E-state index contributed by atoms with van der Waals surface area (Å²) in [6.45, 7) is 4.19. The van der Waals surface area contributed by atoms with Gasteiger partial charge in [0, 0.05) is 13.7 Å². The Balaban J connectivity index is 2.40. The zero-order valence-corrected chi connectivity index (χ0v) is 13.3. The minimum Gasteiger partial charge on any atom is -0.397 e. The maximum absolute atomic E-state index is 12.7. The highest BCUT2D eigenvalue weighted by atomic mass is 35.5. The van der Waals surface area contributed by atoms with E-state index in [1.54, 1.807) is 20.0 Å². The molecule has 2 atom stereocenters. The van der Waals surface area contributed by atoms with Gasteiger partial charge in [-0.05, 0) is 38.0 Å². The Kier molecular flexibility index (Phi) is 4.30. The molecule has 1 aliphatic heterocycles. The van der Waals surface area contributed by atoms with Crippen LogP contribution in [0.2, 0.25) is 5.02 Å². The number of sulfonamides is 1. The van der Waals surface area contributed by atoms with E-state index in [9.17, 15) is 8.42 Å². The van der Waals surface area contributed by atoms with Crippen LogP contribution in [0.4, 0.5) is 5.69 Å². The average molecular weight is 319 g/mol. The molecule has 1 aromatic rings. The van der Waals surface area contributed by atoms with Crippen LogP contribution in [0.25, 0.3) is 0 Å². The monoisotopic (exact) mass is 318 g/mol. The Morgan fingerprint density at radius 2 is 2.10 bits per heavy atom. The smallest absolute Gasteiger partial charge is 0.243 e. The van der Waals surface area contributed by atoms with Crippen molar-refractivity contribution in [2.75, 3.05) is 19.4 Å². The van der Waals surface area contributed by atoms with Gasteiger partial charge in [0.15, 0.2) is 0 Å². The molecule has 1 heterocycles. The molecule has 1 aliphatic rings. The highest BCUT2D eigenvalue weighted by molar-refractivity contribution is 7.89. The van der Waals surface area contributed by atoms with Crippen molar-refractivity contribution in [1.29, 1.82) is 0 Å². The number of likely N-dealkylation sites (N-methyl/N-ethyl adjacent to an activating group) is 1. The third-order valence-electron chi connectivity index (χ3n) is 3.74. The van der Waals surface area contributed by atoms with Gasteiger partial charge < -0.3 is 10.5 Å². The predicted molar refractivity (Wildman–Crippen MR) is 79.4 cm³/mol. The third-order valence-corrected chi connectivity index (χ3v) is 6.11. The molecule has 0 amide bonds. The lowest BCUT2D eigenvalue weighted by molar-refractivity contribution is 0.102. The van der Waals surface area contributed by atoms with Crippen LogP contribution >= 0.6 is 11.6 Å². The lowest BCUT2D eigenvalue weighted by atomic mass is 10.2. The van der Waals surface area contributed by atoms with Gasteiger partial charge in [-0.1, -0.05) is 11.6 Å². The number of hydrogen-bond donors (Lipinski definition) is 1. The first-order valence-electron chi connectivity index (χ1n) is 6.40. The predicted octanol–water partition coefficient (Wildman–Crippen LogP) is 2.03. The minimum absolute atomic E-state index is 0.111. The first-order chi connectivity index (χ1) is 9.25.